The van der Waals surface area contributed by atoms with Gasteiger partial charge in [-0.25, -0.2) is 15.4 Å². The minimum absolute atomic E-state index is 0.152. The highest BCUT2D eigenvalue weighted by Gasteiger charge is 2.60. The molecule has 0 bridgehead atoms. The number of piperidine rings is 1. The number of fused-ring (bicyclic) bond motifs is 1. The Labute approximate surface area is 216 Å². The number of aliphatic imine (C=N–C) groups is 1. The Kier molecular flexibility index (Phi) is 5.68. The van der Waals surface area contributed by atoms with Crippen molar-refractivity contribution in [2.75, 3.05) is 25.1 Å². The number of rotatable bonds is 7. The van der Waals surface area contributed by atoms with Crippen molar-refractivity contribution in [3.8, 4) is 11.8 Å². The van der Waals surface area contributed by atoms with E-state index in [0.717, 1.165) is 67.8 Å². The van der Waals surface area contributed by atoms with Gasteiger partial charge in [-0.15, -0.1) is 0 Å². The summed E-state index contributed by atoms with van der Waals surface area (Å²) in [6.07, 6.45) is 7.07. The third kappa shape index (κ3) is 4.19. The Hall–Kier alpha value is -3.00. The number of hydrogen-bond donors (Lipinski definition) is 3. The SMILES string of the molecule is CC1CC(=Nc2nc(N[C@@H]3C[C@H]4CCC5(CC#N)C[C@@H](C3)N45)nc3cc(OCC4COC4)ccc23)NN1. The van der Waals surface area contributed by atoms with Crippen LogP contribution in [-0.4, -0.2) is 70.2 Å². The third-order valence-electron chi connectivity index (χ3n) is 8.79. The number of hydrazine groups is 1. The Morgan fingerprint density at radius 2 is 2.19 bits per heavy atom. The minimum Gasteiger partial charge on any atom is -0.493 e. The predicted octanol–water partition coefficient (Wildman–Crippen LogP) is 3.03. The van der Waals surface area contributed by atoms with Gasteiger partial charge < -0.3 is 20.2 Å². The molecular formula is C27H34N8O2. The molecule has 5 saturated heterocycles. The second kappa shape index (κ2) is 9.08. The zero-order valence-corrected chi connectivity index (χ0v) is 21.2. The van der Waals surface area contributed by atoms with Crippen LogP contribution in [0, 0.1) is 17.2 Å². The molecule has 5 aliphatic heterocycles. The highest BCUT2D eigenvalue weighted by Crippen LogP contribution is 2.55. The van der Waals surface area contributed by atoms with Crippen molar-refractivity contribution in [3.05, 3.63) is 18.2 Å². The van der Waals surface area contributed by atoms with Crippen molar-refractivity contribution < 1.29 is 9.47 Å². The van der Waals surface area contributed by atoms with Crippen molar-refractivity contribution in [2.45, 2.75) is 81.6 Å². The number of nitrogens with zero attached hydrogens (tertiary/aromatic N) is 5. The predicted molar refractivity (Wildman–Crippen MR) is 140 cm³/mol. The molecule has 0 amide bonds. The van der Waals surface area contributed by atoms with Crippen LogP contribution in [-0.2, 0) is 4.74 Å². The van der Waals surface area contributed by atoms with Gasteiger partial charge in [0.25, 0.3) is 0 Å². The molecule has 0 radical (unpaired) electrons. The average Bonchev–Trinajstić information content (AvgIpc) is 3.38. The molecule has 10 heteroatoms. The number of nitriles is 1. The van der Waals surface area contributed by atoms with Crippen LogP contribution in [0.4, 0.5) is 11.8 Å². The van der Waals surface area contributed by atoms with Crippen LogP contribution in [0.2, 0.25) is 0 Å². The summed E-state index contributed by atoms with van der Waals surface area (Å²) >= 11 is 0. The zero-order chi connectivity index (χ0) is 25.0. The lowest BCUT2D eigenvalue weighted by Gasteiger charge is -2.59. The summed E-state index contributed by atoms with van der Waals surface area (Å²) in [7, 11) is 0. The van der Waals surface area contributed by atoms with Gasteiger partial charge in [-0.1, -0.05) is 0 Å². The van der Waals surface area contributed by atoms with Crippen LogP contribution in [0.25, 0.3) is 10.9 Å². The molecule has 5 atom stereocenters. The molecule has 0 aliphatic carbocycles. The molecule has 6 heterocycles. The van der Waals surface area contributed by atoms with Gasteiger partial charge in [0.1, 0.15) is 11.6 Å². The van der Waals surface area contributed by atoms with Crippen molar-refractivity contribution in [2.24, 2.45) is 10.9 Å². The normalized spacial score (nSPS) is 33.9. The molecule has 1 aromatic heterocycles. The van der Waals surface area contributed by atoms with Crippen molar-refractivity contribution in [3.63, 3.8) is 0 Å². The van der Waals surface area contributed by atoms with Crippen molar-refractivity contribution in [1.82, 2.24) is 25.7 Å². The average molecular weight is 503 g/mol. The zero-order valence-electron chi connectivity index (χ0n) is 21.2. The molecule has 0 saturated carbocycles. The largest absolute Gasteiger partial charge is 0.493 e. The number of nitrogens with one attached hydrogen (secondary N) is 3. The van der Waals surface area contributed by atoms with E-state index in [0.29, 0.717) is 54.9 Å². The fourth-order valence-electron chi connectivity index (χ4n) is 7.02. The number of benzene rings is 1. The Morgan fingerprint density at radius 3 is 2.97 bits per heavy atom. The molecule has 5 fully saturated rings. The smallest absolute Gasteiger partial charge is 0.225 e. The Bertz CT molecular complexity index is 1270. The lowest BCUT2D eigenvalue weighted by molar-refractivity contribution is -0.0880. The van der Waals surface area contributed by atoms with Crippen LogP contribution >= 0.6 is 0 Å². The topological polar surface area (TPSA) is 120 Å². The summed E-state index contributed by atoms with van der Waals surface area (Å²) in [5.74, 6) is 3.43. The summed E-state index contributed by atoms with van der Waals surface area (Å²) in [5.41, 5.74) is 7.37. The van der Waals surface area contributed by atoms with Gasteiger partial charge >= 0.3 is 0 Å². The van der Waals surface area contributed by atoms with E-state index in [1.165, 1.54) is 6.42 Å². The maximum Gasteiger partial charge on any atom is 0.225 e. The van der Waals surface area contributed by atoms with Crippen LogP contribution in [0.3, 0.4) is 0 Å². The molecule has 0 spiro atoms. The number of aromatic nitrogens is 2. The molecule has 2 unspecified atom stereocenters. The van der Waals surface area contributed by atoms with Gasteiger partial charge in [-0.2, -0.15) is 10.2 Å². The first kappa shape index (κ1) is 23.1. The lowest BCUT2D eigenvalue weighted by atomic mass is 9.72. The van der Waals surface area contributed by atoms with E-state index in [1.807, 2.05) is 18.2 Å². The van der Waals surface area contributed by atoms with Crippen LogP contribution in [0.5, 0.6) is 5.75 Å². The van der Waals surface area contributed by atoms with Crippen molar-refractivity contribution >= 4 is 28.5 Å². The number of hydrogen-bond acceptors (Lipinski definition) is 9. The highest BCUT2D eigenvalue weighted by molar-refractivity contribution is 5.94. The molecule has 194 valence electrons. The maximum absolute atomic E-state index is 9.34. The van der Waals surface area contributed by atoms with Crippen molar-refractivity contribution in [1.29, 1.82) is 5.26 Å². The molecule has 10 nitrogen and oxygen atoms in total. The maximum atomic E-state index is 9.34. The highest BCUT2D eigenvalue weighted by atomic mass is 16.5. The molecule has 2 aromatic rings. The fourth-order valence-corrected chi connectivity index (χ4v) is 7.02. The second-order valence-corrected chi connectivity index (χ2v) is 11.5. The Morgan fingerprint density at radius 1 is 1.30 bits per heavy atom. The first-order chi connectivity index (χ1) is 18.1. The molecular weight excluding hydrogens is 468 g/mol. The monoisotopic (exact) mass is 502 g/mol. The van der Waals surface area contributed by atoms with E-state index in [1.54, 1.807) is 0 Å². The van der Waals surface area contributed by atoms with E-state index in [2.05, 4.69) is 34.1 Å². The van der Waals surface area contributed by atoms with Gasteiger partial charge in [-0.05, 0) is 51.2 Å². The number of ether oxygens (including phenoxy) is 2. The molecule has 7 rings (SSSR count). The lowest BCUT2D eigenvalue weighted by Crippen LogP contribution is -2.68. The molecule has 3 N–H and O–H groups in total. The first-order valence-corrected chi connectivity index (χ1v) is 13.6. The van der Waals surface area contributed by atoms with E-state index in [-0.39, 0.29) is 5.54 Å². The van der Waals surface area contributed by atoms with Gasteiger partial charge in [0.2, 0.25) is 5.95 Å². The first-order valence-electron chi connectivity index (χ1n) is 13.6. The number of amidine groups is 1. The van der Waals surface area contributed by atoms with Gasteiger partial charge in [-0.3, -0.25) is 4.90 Å². The molecule has 5 aliphatic rings. The van der Waals surface area contributed by atoms with Crippen LogP contribution in [0.1, 0.15) is 51.9 Å². The van der Waals surface area contributed by atoms with E-state index in [9.17, 15) is 5.26 Å². The van der Waals surface area contributed by atoms with Gasteiger partial charge in [0.15, 0.2) is 5.82 Å². The van der Waals surface area contributed by atoms with Gasteiger partial charge in [0.05, 0.1) is 37.8 Å². The summed E-state index contributed by atoms with van der Waals surface area (Å²) in [4.78, 5) is 17.3. The quantitative estimate of drug-likeness (QED) is 0.525. The summed E-state index contributed by atoms with van der Waals surface area (Å²) in [5, 5.41) is 13.9. The minimum atomic E-state index is 0.152. The fraction of sp³-hybridized carbons (Fsp3) is 0.630. The molecule has 37 heavy (non-hydrogen) atoms. The number of anilines is 1. The summed E-state index contributed by atoms with van der Waals surface area (Å²) < 4.78 is 11.3. The standard InChI is InChI=1S/C27H34N8O2/c1-16-8-24(34-33-16)31-25-22-3-2-21(37-15-17-13-36-14-17)11-23(22)30-26(32-25)29-18-9-19-4-5-27(6-7-28)12-20(10-18)35(19)27/h2-3,11,16-20,33H,4-6,8-10,12-15H2,1H3,(H2,29,30,31,32,34)/t16?,18-,19-,20-,27?/m1/s1. The molecule has 1 aromatic carbocycles. The van der Waals surface area contributed by atoms with Gasteiger partial charge in [0, 0.05) is 53.5 Å². The van der Waals surface area contributed by atoms with Crippen LogP contribution < -0.4 is 20.9 Å². The Balaban J connectivity index is 1.15. The summed E-state index contributed by atoms with van der Waals surface area (Å²) in [6.45, 7) is 4.31. The van der Waals surface area contributed by atoms with E-state index in [4.69, 9.17) is 24.4 Å². The second-order valence-electron chi connectivity index (χ2n) is 11.5. The van der Waals surface area contributed by atoms with E-state index < -0.39 is 0 Å². The third-order valence-corrected chi connectivity index (χ3v) is 8.79. The summed E-state index contributed by atoms with van der Waals surface area (Å²) in [6, 6.07) is 10.2. The van der Waals surface area contributed by atoms with Crippen LogP contribution in [0.15, 0.2) is 23.2 Å². The van der Waals surface area contributed by atoms with E-state index >= 15 is 0 Å².